The molecule has 7 nitrogen and oxygen atoms in total. The first kappa shape index (κ1) is 18.0. The minimum absolute atomic E-state index is 0.00145. The Hall–Kier alpha value is -2.41. The van der Waals surface area contributed by atoms with Crippen molar-refractivity contribution in [1.82, 2.24) is 9.97 Å². The number of benzene rings is 1. The van der Waals surface area contributed by atoms with Crippen LogP contribution in [0.4, 0.5) is 17.3 Å². The molecule has 1 saturated heterocycles. The normalized spacial score (nSPS) is 14.3. The molecule has 0 atom stereocenters. The second kappa shape index (κ2) is 8.08. The average Bonchev–Trinajstić information content (AvgIpc) is 3.13. The second-order valence-electron chi connectivity index (χ2n) is 6.07. The molecule has 3 aromatic rings. The Kier molecular flexibility index (Phi) is 5.38. The van der Waals surface area contributed by atoms with Crippen LogP contribution in [0.1, 0.15) is 16.2 Å². The Morgan fingerprint density at radius 3 is 2.93 bits per heavy atom. The van der Waals surface area contributed by atoms with Crippen LogP contribution in [0.15, 0.2) is 36.7 Å². The Morgan fingerprint density at radius 1 is 1.26 bits per heavy atom. The Morgan fingerprint density at radius 2 is 2.11 bits per heavy atom. The summed E-state index contributed by atoms with van der Waals surface area (Å²) >= 11 is -0.00145. The van der Waals surface area contributed by atoms with Crippen molar-refractivity contribution in [2.24, 2.45) is 0 Å². The molecule has 0 unspecified atom stereocenters. The number of hydrogen-bond donors (Lipinski definition) is 1. The quantitative estimate of drug-likeness (QED) is 0.491. The number of anilines is 3. The molecule has 4 rings (SSSR count). The van der Waals surface area contributed by atoms with Gasteiger partial charge in [-0.05, 0) is 0 Å². The third kappa shape index (κ3) is 4.13. The van der Waals surface area contributed by atoms with Crippen LogP contribution in [0.2, 0.25) is 0 Å². The van der Waals surface area contributed by atoms with Gasteiger partial charge in [-0.3, -0.25) is 0 Å². The molecular formula is C19H20N4O3Se. The number of carbonyl (C=O) groups is 1. The molecule has 0 bridgehead atoms. The van der Waals surface area contributed by atoms with E-state index < -0.39 is 0 Å². The monoisotopic (exact) mass is 432 g/mol. The molecule has 1 aromatic carbocycles. The van der Waals surface area contributed by atoms with Crippen LogP contribution >= 0.6 is 0 Å². The molecule has 1 N–H and O–H groups in total. The van der Waals surface area contributed by atoms with Crippen molar-refractivity contribution in [2.45, 2.75) is 6.92 Å². The molecule has 140 valence electrons. The number of ether oxygens (including phenoxy) is 2. The van der Waals surface area contributed by atoms with Crippen molar-refractivity contribution in [1.29, 1.82) is 0 Å². The molecule has 1 aliphatic rings. The minimum atomic E-state index is -0.214. The Balaban J connectivity index is 1.53. The van der Waals surface area contributed by atoms with E-state index in [-0.39, 0.29) is 20.5 Å². The number of fused-ring (bicyclic) bond motifs is 1. The van der Waals surface area contributed by atoms with Crippen molar-refractivity contribution in [3.8, 4) is 0 Å². The van der Waals surface area contributed by atoms with Crippen LogP contribution < -0.4 is 10.2 Å². The zero-order valence-electron chi connectivity index (χ0n) is 15.0. The number of rotatable bonds is 5. The van der Waals surface area contributed by atoms with Gasteiger partial charge in [0.15, 0.2) is 0 Å². The fraction of sp³-hybridized carbons (Fsp3) is 0.316. The summed E-state index contributed by atoms with van der Waals surface area (Å²) in [4.78, 5) is 22.8. The molecule has 0 spiro atoms. The summed E-state index contributed by atoms with van der Waals surface area (Å²) in [6.07, 6.45) is 1.57. The maximum atomic E-state index is 12.0. The van der Waals surface area contributed by atoms with Crippen molar-refractivity contribution in [3.05, 3.63) is 41.1 Å². The van der Waals surface area contributed by atoms with Gasteiger partial charge in [0.05, 0.1) is 0 Å². The van der Waals surface area contributed by atoms with Gasteiger partial charge < -0.3 is 0 Å². The summed E-state index contributed by atoms with van der Waals surface area (Å²) in [7, 11) is 0. The van der Waals surface area contributed by atoms with Crippen LogP contribution in [0, 0.1) is 0 Å². The van der Waals surface area contributed by atoms with Crippen molar-refractivity contribution < 1.29 is 14.3 Å². The number of esters is 1. The summed E-state index contributed by atoms with van der Waals surface area (Å²) in [5.74, 6) is 1.42. The van der Waals surface area contributed by atoms with E-state index >= 15 is 0 Å². The molecule has 0 saturated carbocycles. The molecule has 1 fully saturated rings. The zero-order valence-corrected chi connectivity index (χ0v) is 16.7. The first-order valence-electron chi connectivity index (χ1n) is 8.85. The van der Waals surface area contributed by atoms with E-state index in [0.29, 0.717) is 19.8 Å². The third-order valence-electron chi connectivity index (χ3n) is 4.25. The van der Waals surface area contributed by atoms with E-state index in [1.54, 1.807) is 6.33 Å². The van der Waals surface area contributed by atoms with E-state index in [1.165, 1.54) is 4.26 Å². The van der Waals surface area contributed by atoms with Gasteiger partial charge in [-0.25, -0.2) is 0 Å². The third-order valence-corrected chi connectivity index (χ3v) is 6.55. The molecule has 0 amide bonds. The summed E-state index contributed by atoms with van der Waals surface area (Å²) in [5, 5.41) is 4.40. The number of morpholine rings is 1. The molecule has 1 aliphatic heterocycles. The van der Waals surface area contributed by atoms with E-state index in [2.05, 4.69) is 26.3 Å². The fourth-order valence-electron chi connectivity index (χ4n) is 2.95. The number of aromatic nitrogens is 2. The fourth-order valence-corrected chi connectivity index (χ4v) is 4.92. The van der Waals surface area contributed by atoms with Gasteiger partial charge in [-0.2, -0.15) is 0 Å². The van der Waals surface area contributed by atoms with E-state index in [4.69, 9.17) is 9.47 Å². The summed E-state index contributed by atoms with van der Waals surface area (Å²) in [6.45, 7) is 5.32. The SMILES string of the molecule is CCOC(=O)c1cc2cc(Nc3cc(N4CCOCC4)ncn3)ccc2[se]1. The molecule has 8 heteroatoms. The van der Waals surface area contributed by atoms with Gasteiger partial charge >= 0.3 is 163 Å². The first-order valence-corrected chi connectivity index (χ1v) is 10.6. The standard InChI is InChI=1S/C19H20N4O3Se/c1-2-26-19(24)16-10-13-9-14(3-4-15(13)27-16)22-17-11-18(21-12-20-17)23-5-7-25-8-6-23/h3-4,9-12H,2,5-8H2,1H3,(H,20,21,22). The number of nitrogens with zero attached hydrogens (tertiary/aromatic N) is 3. The molecular weight excluding hydrogens is 411 g/mol. The van der Waals surface area contributed by atoms with E-state index in [0.717, 1.165) is 40.2 Å². The summed E-state index contributed by atoms with van der Waals surface area (Å²) in [5.41, 5.74) is 0.928. The Bertz CT molecular complexity index is 953. The number of nitrogens with one attached hydrogen (secondary N) is 1. The first-order chi connectivity index (χ1) is 13.2. The topological polar surface area (TPSA) is 76.6 Å². The number of hydrogen-bond acceptors (Lipinski definition) is 7. The van der Waals surface area contributed by atoms with Gasteiger partial charge in [0.2, 0.25) is 0 Å². The molecule has 0 aliphatic carbocycles. The predicted molar refractivity (Wildman–Crippen MR) is 105 cm³/mol. The van der Waals surface area contributed by atoms with Crippen LogP contribution in [0.5, 0.6) is 0 Å². The van der Waals surface area contributed by atoms with Crippen molar-refractivity contribution in [2.75, 3.05) is 43.1 Å². The van der Waals surface area contributed by atoms with Gasteiger partial charge in [0.1, 0.15) is 0 Å². The van der Waals surface area contributed by atoms with Crippen LogP contribution in [-0.2, 0) is 9.47 Å². The van der Waals surface area contributed by atoms with Gasteiger partial charge in [0.25, 0.3) is 0 Å². The van der Waals surface area contributed by atoms with Gasteiger partial charge in [-0.15, -0.1) is 0 Å². The summed E-state index contributed by atoms with van der Waals surface area (Å²) < 4.78 is 12.5. The Labute approximate surface area is 163 Å². The molecule has 27 heavy (non-hydrogen) atoms. The van der Waals surface area contributed by atoms with Gasteiger partial charge in [0, 0.05) is 0 Å². The van der Waals surface area contributed by atoms with Crippen molar-refractivity contribution >= 4 is 47.4 Å². The van der Waals surface area contributed by atoms with Gasteiger partial charge in [-0.1, -0.05) is 0 Å². The van der Waals surface area contributed by atoms with E-state index in [9.17, 15) is 4.79 Å². The van der Waals surface area contributed by atoms with Crippen LogP contribution in [0.3, 0.4) is 0 Å². The zero-order chi connectivity index (χ0) is 18.6. The summed E-state index contributed by atoms with van der Waals surface area (Å²) in [6, 6.07) is 9.99. The molecule has 2 aromatic heterocycles. The van der Waals surface area contributed by atoms with Crippen LogP contribution in [0.25, 0.3) is 9.65 Å². The predicted octanol–water partition coefficient (Wildman–Crippen LogP) is 2.44. The number of carbonyl (C=O) groups excluding carboxylic acids is 1. The molecule has 0 radical (unpaired) electrons. The maximum absolute atomic E-state index is 12.0. The van der Waals surface area contributed by atoms with Crippen molar-refractivity contribution in [3.63, 3.8) is 0 Å². The second-order valence-corrected chi connectivity index (χ2v) is 8.34. The molecule has 3 heterocycles. The average molecular weight is 431 g/mol. The van der Waals surface area contributed by atoms with Crippen LogP contribution in [-0.4, -0.2) is 63.4 Å². The van der Waals surface area contributed by atoms with E-state index in [1.807, 2.05) is 31.2 Å².